The quantitative estimate of drug-likeness (QED) is 0.769. The van der Waals surface area contributed by atoms with Gasteiger partial charge in [0, 0.05) is 16.5 Å². The summed E-state index contributed by atoms with van der Waals surface area (Å²) in [5.41, 5.74) is 6.61. The van der Waals surface area contributed by atoms with Crippen molar-refractivity contribution in [3.63, 3.8) is 0 Å². The molecule has 3 nitrogen and oxygen atoms in total. The number of hydrogen-bond acceptors (Lipinski definition) is 3. The van der Waals surface area contributed by atoms with Gasteiger partial charge in [-0.3, -0.25) is 5.10 Å². The fourth-order valence-electron chi connectivity index (χ4n) is 1.40. The third-order valence-corrected chi connectivity index (χ3v) is 2.84. The van der Waals surface area contributed by atoms with Crippen molar-refractivity contribution in [3.8, 4) is 11.3 Å². The Morgan fingerprint density at radius 3 is 2.87 bits per heavy atom. The maximum Gasteiger partial charge on any atom is 0.145 e. The molecule has 0 spiro atoms. The number of nitrogens with two attached hydrogens (primary N) is 1. The van der Waals surface area contributed by atoms with Crippen molar-refractivity contribution in [3.05, 3.63) is 30.1 Å². The second-order valence-electron chi connectivity index (χ2n) is 3.02. The number of halogens is 1. The molecule has 0 unspecified atom stereocenters. The van der Waals surface area contributed by atoms with Gasteiger partial charge < -0.3 is 5.73 Å². The molecule has 0 bridgehead atoms. The zero-order valence-electron chi connectivity index (χ0n) is 8.12. The molecule has 0 aliphatic rings. The normalized spacial score (nSPS) is 10.5. The summed E-state index contributed by atoms with van der Waals surface area (Å²) < 4.78 is 13.6. The molecule has 2 aromatic rings. The number of nitrogens with one attached hydrogen (secondary N) is 1. The molecule has 0 atom stereocenters. The van der Waals surface area contributed by atoms with E-state index >= 15 is 0 Å². The second-order valence-corrected chi connectivity index (χ2v) is 3.87. The van der Waals surface area contributed by atoms with E-state index in [1.807, 2.05) is 12.3 Å². The molecule has 78 valence electrons. The highest BCUT2D eigenvalue weighted by Crippen LogP contribution is 2.31. The third-order valence-electron chi connectivity index (χ3n) is 2.06. The number of anilines is 1. The summed E-state index contributed by atoms with van der Waals surface area (Å²) in [6.45, 7) is 0. The topological polar surface area (TPSA) is 54.7 Å². The Kier molecular flexibility index (Phi) is 2.64. The second kappa shape index (κ2) is 3.94. The molecule has 0 radical (unpaired) electrons. The summed E-state index contributed by atoms with van der Waals surface area (Å²) in [5, 5.41) is 6.50. The third kappa shape index (κ3) is 1.83. The molecule has 0 aliphatic heterocycles. The SMILES string of the molecule is CSc1cccc(F)c1-c1cc(N)n[nH]1. The molecular weight excluding hydrogens is 213 g/mol. The molecule has 0 saturated carbocycles. The molecule has 1 aromatic carbocycles. The number of benzene rings is 1. The highest BCUT2D eigenvalue weighted by Gasteiger charge is 2.12. The molecule has 0 aliphatic carbocycles. The first-order valence-corrected chi connectivity index (χ1v) is 5.58. The molecular formula is C10H10FN3S. The van der Waals surface area contributed by atoms with Gasteiger partial charge in [-0.15, -0.1) is 11.8 Å². The van der Waals surface area contributed by atoms with Crippen molar-refractivity contribution >= 4 is 17.6 Å². The van der Waals surface area contributed by atoms with Crippen LogP contribution in [0.25, 0.3) is 11.3 Å². The molecule has 0 fully saturated rings. The number of H-pyrrole nitrogens is 1. The monoisotopic (exact) mass is 223 g/mol. The number of aromatic nitrogens is 2. The first-order chi connectivity index (χ1) is 7.22. The van der Waals surface area contributed by atoms with E-state index in [0.29, 0.717) is 17.1 Å². The average Bonchev–Trinajstić information content (AvgIpc) is 2.64. The zero-order chi connectivity index (χ0) is 10.8. The molecule has 1 heterocycles. The lowest BCUT2D eigenvalue weighted by molar-refractivity contribution is 0.627. The largest absolute Gasteiger partial charge is 0.382 e. The van der Waals surface area contributed by atoms with E-state index in [1.54, 1.807) is 12.1 Å². The number of aromatic amines is 1. The van der Waals surface area contributed by atoms with Crippen LogP contribution in [0.5, 0.6) is 0 Å². The van der Waals surface area contributed by atoms with Crippen molar-refractivity contribution in [1.29, 1.82) is 0 Å². The van der Waals surface area contributed by atoms with Gasteiger partial charge in [0.05, 0.1) is 5.69 Å². The average molecular weight is 223 g/mol. The number of hydrogen-bond donors (Lipinski definition) is 2. The van der Waals surface area contributed by atoms with Gasteiger partial charge in [0.1, 0.15) is 11.6 Å². The smallest absolute Gasteiger partial charge is 0.145 e. The van der Waals surface area contributed by atoms with Gasteiger partial charge in [-0.1, -0.05) is 6.07 Å². The van der Waals surface area contributed by atoms with E-state index in [2.05, 4.69) is 10.2 Å². The van der Waals surface area contributed by atoms with Crippen LogP contribution in [0.15, 0.2) is 29.2 Å². The maximum absolute atomic E-state index is 13.6. The number of thioether (sulfide) groups is 1. The summed E-state index contributed by atoms with van der Waals surface area (Å²) in [7, 11) is 0. The van der Waals surface area contributed by atoms with Crippen LogP contribution in [0.1, 0.15) is 0 Å². The van der Waals surface area contributed by atoms with Gasteiger partial charge in [0.25, 0.3) is 0 Å². The zero-order valence-corrected chi connectivity index (χ0v) is 8.94. The highest BCUT2D eigenvalue weighted by atomic mass is 32.2. The van der Waals surface area contributed by atoms with Crippen molar-refractivity contribution in [2.45, 2.75) is 4.90 Å². The first-order valence-electron chi connectivity index (χ1n) is 4.36. The molecule has 15 heavy (non-hydrogen) atoms. The number of nitrogen functional groups attached to an aromatic ring is 1. The Labute approximate surface area is 90.9 Å². The van der Waals surface area contributed by atoms with E-state index in [0.717, 1.165) is 4.90 Å². The van der Waals surface area contributed by atoms with E-state index < -0.39 is 0 Å². The maximum atomic E-state index is 13.6. The lowest BCUT2D eigenvalue weighted by atomic mass is 10.1. The predicted molar refractivity (Wildman–Crippen MR) is 60.2 cm³/mol. The van der Waals surface area contributed by atoms with E-state index in [-0.39, 0.29) is 5.82 Å². The minimum atomic E-state index is -0.273. The first kappa shape index (κ1) is 10.0. The summed E-state index contributed by atoms with van der Waals surface area (Å²) in [4.78, 5) is 0.860. The number of nitrogens with zero attached hydrogens (tertiary/aromatic N) is 1. The minimum Gasteiger partial charge on any atom is -0.382 e. The van der Waals surface area contributed by atoms with Crippen LogP contribution in [0.4, 0.5) is 10.2 Å². The predicted octanol–water partition coefficient (Wildman–Crippen LogP) is 2.52. The Bertz CT molecular complexity index is 481. The molecule has 5 heteroatoms. The number of rotatable bonds is 2. The lowest BCUT2D eigenvalue weighted by Crippen LogP contribution is -1.87. The minimum absolute atomic E-state index is 0.273. The van der Waals surface area contributed by atoms with Gasteiger partial charge in [-0.05, 0) is 18.4 Å². The van der Waals surface area contributed by atoms with E-state index in [4.69, 9.17) is 5.73 Å². The van der Waals surface area contributed by atoms with Crippen LogP contribution >= 0.6 is 11.8 Å². The summed E-state index contributed by atoms with van der Waals surface area (Å²) in [6, 6.07) is 6.59. The summed E-state index contributed by atoms with van der Waals surface area (Å²) in [6.07, 6.45) is 1.90. The molecule has 2 rings (SSSR count). The van der Waals surface area contributed by atoms with Crippen molar-refractivity contribution < 1.29 is 4.39 Å². The van der Waals surface area contributed by atoms with Gasteiger partial charge in [-0.2, -0.15) is 5.10 Å². The molecule has 0 amide bonds. The Balaban J connectivity index is 2.60. The molecule has 0 saturated heterocycles. The van der Waals surface area contributed by atoms with Crippen molar-refractivity contribution in [2.24, 2.45) is 0 Å². The van der Waals surface area contributed by atoms with Crippen LogP contribution in [-0.4, -0.2) is 16.5 Å². The fourth-order valence-corrected chi connectivity index (χ4v) is 2.03. The van der Waals surface area contributed by atoms with E-state index in [9.17, 15) is 4.39 Å². The van der Waals surface area contributed by atoms with Gasteiger partial charge in [-0.25, -0.2) is 4.39 Å². The van der Waals surface area contributed by atoms with Crippen molar-refractivity contribution in [1.82, 2.24) is 10.2 Å². The Morgan fingerprint density at radius 2 is 2.27 bits per heavy atom. The van der Waals surface area contributed by atoms with Crippen LogP contribution in [0.3, 0.4) is 0 Å². The molecule has 1 aromatic heterocycles. The van der Waals surface area contributed by atoms with Gasteiger partial charge in [0.15, 0.2) is 0 Å². The van der Waals surface area contributed by atoms with Crippen LogP contribution in [0, 0.1) is 5.82 Å². The summed E-state index contributed by atoms with van der Waals surface area (Å²) >= 11 is 1.49. The highest BCUT2D eigenvalue weighted by molar-refractivity contribution is 7.98. The van der Waals surface area contributed by atoms with Gasteiger partial charge >= 0.3 is 0 Å². The van der Waals surface area contributed by atoms with Gasteiger partial charge in [0.2, 0.25) is 0 Å². The molecule has 3 N–H and O–H groups in total. The van der Waals surface area contributed by atoms with Crippen LogP contribution < -0.4 is 5.73 Å². The van der Waals surface area contributed by atoms with Crippen LogP contribution in [-0.2, 0) is 0 Å². The standard InChI is InChI=1S/C10H10FN3S/c1-15-8-4-2-3-6(11)10(8)7-5-9(12)14-13-7/h2-5H,1H3,(H3,12,13,14). The van der Waals surface area contributed by atoms with Crippen molar-refractivity contribution in [2.75, 3.05) is 12.0 Å². The Morgan fingerprint density at radius 1 is 1.47 bits per heavy atom. The summed E-state index contributed by atoms with van der Waals surface area (Å²) in [5.74, 6) is 0.0887. The van der Waals surface area contributed by atoms with Crippen LogP contribution in [0.2, 0.25) is 0 Å². The Hall–Kier alpha value is -1.49. The van der Waals surface area contributed by atoms with E-state index in [1.165, 1.54) is 17.8 Å². The lowest BCUT2D eigenvalue weighted by Gasteiger charge is -2.05. The fraction of sp³-hybridized carbons (Fsp3) is 0.100.